The molecule has 2 aliphatic heterocycles. The molecule has 0 atom stereocenters. The molecule has 2 aliphatic rings. The Morgan fingerprint density at radius 2 is 0.404 bits per heavy atom. The first-order chi connectivity index (χ1) is 52.9. The van der Waals surface area contributed by atoms with Crippen LogP contribution in [0.1, 0.15) is 66.8 Å². The molecule has 0 aliphatic carbocycles. The van der Waals surface area contributed by atoms with E-state index in [1.165, 1.54) is 0 Å². The zero-order valence-corrected chi connectivity index (χ0v) is 60.0. The summed E-state index contributed by atoms with van der Waals surface area (Å²) in [5.41, 5.74) is -17.0. The molecule has 0 N–H and O–H groups in total. The Bertz CT molecular complexity index is 5570. The lowest BCUT2D eigenvalue weighted by Crippen LogP contribution is -3.00. The van der Waals surface area contributed by atoms with Crippen LogP contribution in [0.15, 0.2) is 243 Å². The van der Waals surface area contributed by atoms with E-state index >= 15 is 105 Å². The van der Waals surface area contributed by atoms with Gasteiger partial charge >= 0.3 is 49.4 Å². The molecule has 1 nitrogen and oxygen atoms in total. The first-order valence-electron chi connectivity index (χ1n) is 34.4. The van der Waals surface area contributed by atoms with Gasteiger partial charge in [-0.15, -0.1) is 0 Å². The molecular weight excluding hydrogens is 1650 g/mol. The van der Waals surface area contributed by atoms with Crippen molar-refractivity contribution < 1.29 is 134 Å². The number of alkyl halides is 24. The van der Waals surface area contributed by atoms with Crippen LogP contribution in [0.4, 0.5) is 105 Å². The molecule has 2 heterocycles. The highest BCUT2D eigenvalue weighted by molar-refractivity contribution is 6.13. The Balaban J connectivity index is 0.0000102. The van der Waals surface area contributed by atoms with Gasteiger partial charge < -0.3 is 28.5 Å². The molecule has 114 heavy (non-hydrogen) atoms. The van der Waals surface area contributed by atoms with Gasteiger partial charge in [-0.2, -0.15) is 105 Å². The number of hydrogen-bond acceptors (Lipinski definition) is 0. The first-order valence-corrected chi connectivity index (χ1v) is 34.4. The van der Waals surface area contributed by atoms with Crippen LogP contribution in [-0.4, -0.2) is 4.48 Å². The molecule has 26 heteroatoms. The largest absolute Gasteiger partial charge is 1.00 e. The first kappa shape index (κ1) is 78.4. The average Bonchev–Trinajstić information content (AvgIpc) is 1.51. The number of hydrogen-bond donors (Lipinski definition) is 0. The van der Waals surface area contributed by atoms with Gasteiger partial charge in [-0.25, -0.2) is 0 Å². The third-order valence-corrected chi connectivity index (χ3v) is 21.0. The molecule has 0 radical (unpaired) electrons. The van der Waals surface area contributed by atoms with Gasteiger partial charge in [0.1, 0.15) is 26.2 Å². The Morgan fingerprint density at radius 1 is 0.193 bits per heavy atom. The summed E-state index contributed by atoms with van der Waals surface area (Å²) >= 11 is 0. The summed E-state index contributed by atoms with van der Waals surface area (Å²) in [6, 6.07) is 46.7. The lowest BCUT2D eigenvalue weighted by atomic mass is 9.81. The summed E-state index contributed by atoms with van der Waals surface area (Å²) in [7, 11) is 0. The highest BCUT2D eigenvalue weighted by atomic mass is 127. The van der Waals surface area contributed by atoms with E-state index in [0.717, 1.165) is 69.1 Å². The zero-order chi connectivity index (χ0) is 80.4. The van der Waals surface area contributed by atoms with Crippen molar-refractivity contribution in [3.8, 4) is 89.0 Å². The van der Waals surface area contributed by atoms with Crippen LogP contribution in [0.25, 0.3) is 132 Å². The normalized spacial score (nSPS) is 14.2. The maximum Gasteiger partial charge on any atom is 0.416 e. The molecule has 14 aromatic rings. The average molecular weight is 1700 g/mol. The van der Waals surface area contributed by atoms with Crippen LogP contribution in [-0.2, 0) is 75.6 Å². The number of quaternary nitrogens is 1. The van der Waals surface area contributed by atoms with E-state index in [2.05, 4.69) is 0 Å². The van der Waals surface area contributed by atoms with Gasteiger partial charge in [-0.1, -0.05) is 121 Å². The maximum atomic E-state index is 15.0. The van der Waals surface area contributed by atoms with E-state index in [-0.39, 0.29) is 134 Å². The van der Waals surface area contributed by atoms with E-state index in [1.54, 1.807) is 60.7 Å². The Labute approximate surface area is 647 Å². The van der Waals surface area contributed by atoms with E-state index in [9.17, 15) is 0 Å². The number of benzene rings is 14. The summed E-state index contributed by atoms with van der Waals surface area (Å²) < 4.78 is 360. The maximum absolute atomic E-state index is 15.0. The van der Waals surface area contributed by atoms with Gasteiger partial charge in [-0.05, 0) is 242 Å². The monoisotopic (exact) mass is 1700 g/mol. The highest BCUT2D eigenvalue weighted by Crippen LogP contribution is 2.56. The van der Waals surface area contributed by atoms with Crippen molar-refractivity contribution in [3.05, 3.63) is 309 Å². The fourth-order valence-corrected chi connectivity index (χ4v) is 16.1. The molecule has 0 saturated carbocycles. The van der Waals surface area contributed by atoms with Crippen molar-refractivity contribution in [2.45, 2.75) is 75.6 Å². The summed E-state index contributed by atoms with van der Waals surface area (Å²) in [6.07, 6.45) is -44.0. The number of fused-ring (bicyclic) bond motifs is 14. The predicted octanol–water partition coefficient (Wildman–Crippen LogP) is 26.3. The van der Waals surface area contributed by atoms with Gasteiger partial charge in [0, 0.05) is 33.4 Å². The molecule has 0 amide bonds. The van der Waals surface area contributed by atoms with E-state index in [1.807, 2.05) is 72.8 Å². The summed E-state index contributed by atoms with van der Waals surface area (Å²) in [6.45, 7) is -0.582. The van der Waals surface area contributed by atoms with Gasteiger partial charge in [0.25, 0.3) is 0 Å². The topological polar surface area (TPSA) is 0 Å². The second-order valence-corrected chi connectivity index (χ2v) is 28.4. The van der Waals surface area contributed by atoms with E-state index in [0.29, 0.717) is 70.4 Å². The fraction of sp³-hybridized carbons (Fsp3) is 0.136. The molecule has 0 unspecified atom stereocenters. The molecular formula is C88H48F24IN. The SMILES string of the molecule is FC(F)(F)c1cc(-c2cc(-c3cc(C(F)(F)F)cc(C(F)(F)F)c3)cc(-c3cc4ccccc4c4c3C[N+]3(Cc5ccc6ccccc6c5-c5c(ccc6ccccc56)C3)Cc3c(-c5cc(-c6cc(C(F)(F)F)cc(C(F)(F)F)c6)cc(-c6cc(C(F)(F)F)cc(C(F)(F)F)c6)c5)cc5ccccc5c3-4)c2)cc(C(F)(F)F)c1.[I-]. The van der Waals surface area contributed by atoms with Crippen LogP contribution < -0.4 is 24.0 Å². The van der Waals surface area contributed by atoms with Gasteiger partial charge in [-0.3, -0.25) is 0 Å². The molecule has 580 valence electrons. The highest BCUT2D eigenvalue weighted by Gasteiger charge is 2.46. The molecule has 0 saturated heterocycles. The minimum Gasteiger partial charge on any atom is -1.00 e. The summed E-state index contributed by atoms with van der Waals surface area (Å²) in [4.78, 5) is 0. The Kier molecular flexibility index (Phi) is 18.9. The Hall–Kier alpha value is -10.9. The molecule has 0 bridgehead atoms. The lowest BCUT2D eigenvalue weighted by molar-refractivity contribution is -0.977. The summed E-state index contributed by atoms with van der Waals surface area (Å²) in [5.74, 6) is 0. The Morgan fingerprint density at radius 3 is 0.649 bits per heavy atom. The third kappa shape index (κ3) is 14.6. The van der Waals surface area contributed by atoms with Crippen molar-refractivity contribution in [1.82, 2.24) is 0 Å². The van der Waals surface area contributed by atoms with E-state index in [4.69, 9.17) is 0 Å². The van der Waals surface area contributed by atoms with Gasteiger partial charge in [0.2, 0.25) is 0 Å². The van der Waals surface area contributed by atoms with Crippen molar-refractivity contribution >= 4 is 43.1 Å². The van der Waals surface area contributed by atoms with E-state index < -0.39 is 138 Å². The second kappa shape index (κ2) is 27.4. The smallest absolute Gasteiger partial charge is 0.416 e. The fourth-order valence-electron chi connectivity index (χ4n) is 16.1. The minimum atomic E-state index is -5.50. The summed E-state index contributed by atoms with van der Waals surface area (Å²) in [5, 5.41) is 4.34. The van der Waals surface area contributed by atoms with Gasteiger partial charge in [0.15, 0.2) is 0 Å². The standard InChI is InChI=1S/C88H48F24N.HI/c89-81(90,91)61-27-55(28-62(37-61)82(92,93)94)51-21-52(56-29-63(83(95,96)97)38-64(30-56)84(98,99)100)24-59(23-51)73-35-47-11-3-7-15-71(47)79-75(73)43-113(41-49-19-17-45-9-1-5-13-69(45)77(49)78-50(42-113)20-18-46-10-2-6-14-70(46)78)44-76-74(36-48-12-4-8-16-72(48)80(76)79)60-25-53(57-31-65(85(101,102)103)39-66(32-57)86(104,105)106)22-54(26-60)58-33-67(87(107,108)109)40-68(34-58)88(110,111)112;/h1-40H,41-44H2;1H/q+1;/p-1. The van der Waals surface area contributed by atoms with Crippen molar-refractivity contribution in [3.63, 3.8) is 0 Å². The van der Waals surface area contributed by atoms with Crippen LogP contribution in [0.3, 0.4) is 0 Å². The van der Waals surface area contributed by atoms with Gasteiger partial charge in [0.05, 0.1) is 44.5 Å². The number of rotatable bonds is 6. The number of halogens is 25. The molecule has 1 spiro atoms. The van der Waals surface area contributed by atoms with Crippen molar-refractivity contribution in [2.75, 3.05) is 0 Å². The van der Waals surface area contributed by atoms with Crippen LogP contribution >= 0.6 is 0 Å². The predicted molar refractivity (Wildman–Crippen MR) is 381 cm³/mol. The van der Waals surface area contributed by atoms with Crippen molar-refractivity contribution in [1.29, 1.82) is 0 Å². The minimum absolute atomic E-state index is 0. The van der Waals surface area contributed by atoms with Crippen LogP contribution in [0.2, 0.25) is 0 Å². The molecule has 0 fully saturated rings. The second-order valence-electron chi connectivity index (χ2n) is 28.4. The third-order valence-electron chi connectivity index (χ3n) is 21.0. The number of nitrogens with zero attached hydrogens (tertiary/aromatic N) is 1. The molecule has 14 aromatic carbocycles. The van der Waals surface area contributed by atoms with Crippen LogP contribution in [0.5, 0.6) is 0 Å². The van der Waals surface area contributed by atoms with Crippen LogP contribution in [0, 0.1) is 0 Å². The molecule has 16 rings (SSSR count). The zero-order valence-electron chi connectivity index (χ0n) is 57.8. The lowest BCUT2D eigenvalue weighted by Gasteiger charge is -2.39. The molecule has 0 aromatic heterocycles. The quantitative estimate of drug-likeness (QED) is 0.0884. The van der Waals surface area contributed by atoms with Crippen molar-refractivity contribution in [2.24, 2.45) is 0 Å².